The van der Waals surface area contributed by atoms with Crippen molar-refractivity contribution in [2.45, 2.75) is 25.9 Å². The molecular weight excluding hydrogens is 228 g/mol. The molecule has 1 aromatic rings. The van der Waals surface area contributed by atoms with Crippen molar-refractivity contribution in [3.63, 3.8) is 0 Å². The molecule has 0 spiro atoms. The van der Waals surface area contributed by atoms with Crippen molar-refractivity contribution in [2.24, 2.45) is 0 Å². The van der Waals surface area contributed by atoms with Crippen molar-refractivity contribution in [3.05, 3.63) is 23.8 Å². The van der Waals surface area contributed by atoms with E-state index in [4.69, 9.17) is 20.6 Å². The van der Waals surface area contributed by atoms with Gasteiger partial charge in [-0.25, -0.2) is 0 Å². The van der Waals surface area contributed by atoms with Gasteiger partial charge < -0.3 is 14.2 Å². The molecule has 0 aromatic heterocycles. The second kappa shape index (κ2) is 6.32. The molecule has 1 heterocycles. The Labute approximate surface area is 108 Å². The Morgan fingerprint density at radius 3 is 2.83 bits per heavy atom. The molecule has 1 unspecified atom stereocenters. The predicted octanol–water partition coefficient (Wildman–Crippen LogP) is 2.95. The van der Waals surface area contributed by atoms with Crippen LogP contribution in [0.4, 0.5) is 0 Å². The van der Waals surface area contributed by atoms with Gasteiger partial charge in [-0.05, 0) is 24.1 Å². The number of hydrogen-bond acceptors (Lipinski definition) is 3. The van der Waals surface area contributed by atoms with Crippen molar-refractivity contribution in [3.8, 4) is 23.8 Å². The van der Waals surface area contributed by atoms with E-state index in [1.807, 2.05) is 18.2 Å². The third-order valence-electron chi connectivity index (χ3n) is 2.88. The summed E-state index contributed by atoms with van der Waals surface area (Å²) in [4.78, 5) is 0. The number of ether oxygens (including phenoxy) is 3. The van der Waals surface area contributed by atoms with E-state index in [2.05, 4.69) is 12.8 Å². The van der Waals surface area contributed by atoms with Crippen molar-refractivity contribution < 1.29 is 14.2 Å². The first-order valence-electron chi connectivity index (χ1n) is 6.29. The summed E-state index contributed by atoms with van der Waals surface area (Å²) in [7, 11) is 0. The van der Waals surface area contributed by atoms with Gasteiger partial charge in [0.2, 0.25) is 0 Å². The lowest BCUT2D eigenvalue weighted by atomic mass is 10.1. The van der Waals surface area contributed by atoms with Gasteiger partial charge in [-0.3, -0.25) is 0 Å². The molecule has 0 saturated carbocycles. The maximum Gasteiger partial charge on any atom is 0.161 e. The highest BCUT2D eigenvalue weighted by Crippen LogP contribution is 2.33. The first-order chi connectivity index (χ1) is 8.85. The zero-order chi connectivity index (χ0) is 12.8. The fourth-order valence-corrected chi connectivity index (χ4v) is 1.98. The lowest BCUT2D eigenvalue weighted by molar-refractivity contribution is 0.0748. The van der Waals surface area contributed by atoms with Gasteiger partial charge in [0.15, 0.2) is 11.5 Å². The van der Waals surface area contributed by atoms with Gasteiger partial charge in [0.25, 0.3) is 0 Å². The Hall–Kier alpha value is -1.66. The van der Waals surface area contributed by atoms with Crippen LogP contribution in [-0.4, -0.2) is 19.8 Å². The molecule has 1 aromatic carbocycles. The van der Waals surface area contributed by atoms with Crippen LogP contribution in [0, 0.1) is 12.3 Å². The highest BCUT2D eigenvalue weighted by Gasteiger charge is 2.15. The van der Waals surface area contributed by atoms with Gasteiger partial charge in [0.1, 0.15) is 6.61 Å². The first kappa shape index (κ1) is 12.8. The highest BCUT2D eigenvalue weighted by molar-refractivity contribution is 5.44. The fourth-order valence-electron chi connectivity index (χ4n) is 1.98. The molecule has 2 rings (SSSR count). The van der Waals surface area contributed by atoms with E-state index < -0.39 is 0 Å². The molecule has 18 heavy (non-hydrogen) atoms. The van der Waals surface area contributed by atoms with Gasteiger partial charge >= 0.3 is 0 Å². The van der Waals surface area contributed by atoms with Crippen LogP contribution >= 0.6 is 0 Å². The van der Waals surface area contributed by atoms with Crippen LogP contribution in [0.15, 0.2) is 18.2 Å². The smallest absolute Gasteiger partial charge is 0.161 e. The van der Waals surface area contributed by atoms with Crippen LogP contribution in [0.1, 0.15) is 31.4 Å². The molecule has 0 aliphatic carbocycles. The standard InChI is InChI=1S/C15H18O3/c1-3-8-16-13(4-2)12-6-7-14-15(11-12)18-10-5-9-17-14/h1,6-7,11,13H,4-5,8-10H2,2H3. The van der Waals surface area contributed by atoms with Crippen molar-refractivity contribution in [2.75, 3.05) is 19.8 Å². The summed E-state index contributed by atoms with van der Waals surface area (Å²) in [6.45, 7) is 3.80. The minimum absolute atomic E-state index is 0.0122. The third-order valence-corrected chi connectivity index (χ3v) is 2.88. The molecule has 1 aliphatic rings. The zero-order valence-electron chi connectivity index (χ0n) is 10.6. The Balaban J connectivity index is 2.18. The number of fused-ring (bicyclic) bond motifs is 1. The van der Waals surface area contributed by atoms with Gasteiger partial charge in [0, 0.05) is 6.42 Å². The maximum atomic E-state index is 5.67. The Morgan fingerprint density at radius 1 is 1.33 bits per heavy atom. The van der Waals surface area contributed by atoms with E-state index in [9.17, 15) is 0 Å². The molecule has 0 amide bonds. The average Bonchev–Trinajstić information content (AvgIpc) is 2.64. The summed E-state index contributed by atoms with van der Waals surface area (Å²) in [6.07, 6.45) is 7.02. The maximum absolute atomic E-state index is 5.67. The summed E-state index contributed by atoms with van der Waals surface area (Å²) < 4.78 is 16.9. The van der Waals surface area contributed by atoms with E-state index in [0.717, 1.165) is 29.9 Å². The summed E-state index contributed by atoms with van der Waals surface area (Å²) in [5, 5.41) is 0. The first-order valence-corrected chi connectivity index (χ1v) is 6.29. The molecule has 3 nitrogen and oxygen atoms in total. The largest absolute Gasteiger partial charge is 0.490 e. The van der Waals surface area contributed by atoms with Crippen LogP contribution in [0.25, 0.3) is 0 Å². The summed E-state index contributed by atoms with van der Waals surface area (Å²) in [5.41, 5.74) is 1.08. The molecule has 96 valence electrons. The van der Waals surface area contributed by atoms with Gasteiger partial charge in [-0.2, -0.15) is 0 Å². The molecule has 3 heteroatoms. The Morgan fingerprint density at radius 2 is 2.11 bits per heavy atom. The molecular formula is C15H18O3. The molecule has 1 atom stereocenters. The average molecular weight is 246 g/mol. The quantitative estimate of drug-likeness (QED) is 0.764. The molecule has 0 N–H and O–H groups in total. The topological polar surface area (TPSA) is 27.7 Å². The molecule has 1 aliphatic heterocycles. The number of rotatable bonds is 4. The summed E-state index contributed by atoms with van der Waals surface area (Å²) in [5.74, 6) is 4.10. The number of hydrogen-bond donors (Lipinski definition) is 0. The molecule has 0 radical (unpaired) electrons. The minimum Gasteiger partial charge on any atom is -0.490 e. The molecule has 0 saturated heterocycles. The normalized spacial score (nSPS) is 15.6. The zero-order valence-corrected chi connectivity index (χ0v) is 10.6. The lowest BCUT2D eigenvalue weighted by Crippen LogP contribution is -2.04. The fraction of sp³-hybridized carbons (Fsp3) is 0.467. The van der Waals surface area contributed by atoms with Crippen molar-refractivity contribution >= 4 is 0 Å². The monoisotopic (exact) mass is 246 g/mol. The Kier molecular flexibility index (Phi) is 4.49. The van der Waals surface area contributed by atoms with E-state index in [1.165, 1.54) is 0 Å². The van der Waals surface area contributed by atoms with E-state index >= 15 is 0 Å². The van der Waals surface area contributed by atoms with Crippen molar-refractivity contribution in [1.29, 1.82) is 0 Å². The van der Waals surface area contributed by atoms with Crippen LogP contribution < -0.4 is 9.47 Å². The number of terminal acetylenes is 1. The molecule has 0 bridgehead atoms. The van der Waals surface area contributed by atoms with Crippen LogP contribution in [0.2, 0.25) is 0 Å². The molecule has 0 fully saturated rings. The van der Waals surface area contributed by atoms with Gasteiger partial charge in [-0.1, -0.05) is 18.9 Å². The van der Waals surface area contributed by atoms with Crippen molar-refractivity contribution in [1.82, 2.24) is 0 Å². The second-order valence-electron chi connectivity index (χ2n) is 4.17. The second-order valence-corrected chi connectivity index (χ2v) is 4.17. The van der Waals surface area contributed by atoms with Crippen LogP contribution in [-0.2, 0) is 4.74 Å². The minimum atomic E-state index is 0.0122. The lowest BCUT2D eigenvalue weighted by Gasteiger charge is -2.17. The van der Waals surface area contributed by atoms with Crippen LogP contribution in [0.5, 0.6) is 11.5 Å². The van der Waals surface area contributed by atoms with E-state index in [0.29, 0.717) is 19.8 Å². The summed E-state index contributed by atoms with van der Waals surface area (Å²) >= 11 is 0. The Bertz CT molecular complexity index is 434. The SMILES string of the molecule is C#CCOC(CC)c1ccc2c(c1)OCCCO2. The van der Waals surface area contributed by atoms with E-state index in [-0.39, 0.29) is 6.10 Å². The van der Waals surface area contributed by atoms with Gasteiger partial charge in [-0.15, -0.1) is 6.42 Å². The highest BCUT2D eigenvalue weighted by atomic mass is 16.5. The number of benzene rings is 1. The predicted molar refractivity (Wildman–Crippen MR) is 69.9 cm³/mol. The third kappa shape index (κ3) is 2.96. The summed E-state index contributed by atoms with van der Waals surface area (Å²) in [6, 6.07) is 5.95. The van der Waals surface area contributed by atoms with Crippen LogP contribution in [0.3, 0.4) is 0 Å². The van der Waals surface area contributed by atoms with E-state index in [1.54, 1.807) is 0 Å². The van der Waals surface area contributed by atoms with Gasteiger partial charge in [0.05, 0.1) is 19.3 Å².